The fourth-order valence-electron chi connectivity index (χ4n) is 1.39. The van der Waals surface area contributed by atoms with Crippen molar-refractivity contribution in [3.63, 3.8) is 0 Å². The van der Waals surface area contributed by atoms with Crippen molar-refractivity contribution in [3.8, 4) is 0 Å². The van der Waals surface area contributed by atoms with E-state index in [2.05, 4.69) is 23.1 Å². The van der Waals surface area contributed by atoms with E-state index in [-0.39, 0.29) is 0 Å². The van der Waals surface area contributed by atoms with Crippen molar-refractivity contribution in [2.75, 3.05) is 0 Å². The average molecular weight is 150 g/mol. The van der Waals surface area contributed by atoms with E-state index in [1.807, 2.05) is 19.9 Å². The van der Waals surface area contributed by atoms with Crippen molar-refractivity contribution in [1.82, 2.24) is 9.55 Å². The summed E-state index contributed by atoms with van der Waals surface area (Å²) in [5.74, 6) is 1.07. The highest BCUT2D eigenvalue weighted by molar-refractivity contribution is 5.45. The predicted octanol–water partition coefficient (Wildman–Crippen LogP) is 2.16. The summed E-state index contributed by atoms with van der Waals surface area (Å²) in [6, 6.07) is 0. The fraction of sp³-hybridized carbons (Fsp3) is 0.444. The van der Waals surface area contributed by atoms with Crippen molar-refractivity contribution >= 4 is 6.08 Å². The van der Waals surface area contributed by atoms with Crippen LogP contribution in [-0.2, 0) is 6.54 Å². The van der Waals surface area contributed by atoms with Gasteiger partial charge in [-0.2, -0.15) is 0 Å². The average Bonchev–Trinajstić information content (AvgIpc) is 2.24. The number of hydrogen-bond donors (Lipinski definition) is 0. The molecule has 0 N–H and O–H groups in total. The minimum absolute atomic E-state index is 0.966. The third-order valence-corrected chi connectivity index (χ3v) is 1.89. The lowest BCUT2D eigenvalue weighted by Gasteiger charge is -2.02. The molecule has 60 valence electrons. The first-order valence-corrected chi connectivity index (χ1v) is 3.86. The van der Waals surface area contributed by atoms with E-state index in [1.165, 1.54) is 0 Å². The van der Waals surface area contributed by atoms with Crippen LogP contribution < -0.4 is 0 Å². The van der Waals surface area contributed by atoms with Gasteiger partial charge in [0.15, 0.2) is 0 Å². The molecule has 0 fully saturated rings. The summed E-state index contributed by atoms with van der Waals surface area (Å²) in [4.78, 5) is 4.34. The van der Waals surface area contributed by atoms with E-state index in [9.17, 15) is 0 Å². The third-order valence-electron chi connectivity index (χ3n) is 1.89. The van der Waals surface area contributed by atoms with Gasteiger partial charge in [-0.1, -0.05) is 6.58 Å². The molecule has 1 aromatic rings. The Bertz CT molecular complexity index is 271. The van der Waals surface area contributed by atoms with Gasteiger partial charge in [0.1, 0.15) is 5.82 Å². The molecule has 1 aromatic heterocycles. The summed E-state index contributed by atoms with van der Waals surface area (Å²) in [6.07, 6.45) is 1.86. The number of aryl methyl sites for hydroxylation is 2. The molecule has 0 spiro atoms. The van der Waals surface area contributed by atoms with Gasteiger partial charge in [0, 0.05) is 6.54 Å². The second kappa shape index (κ2) is 2.91. The Morgan fingerprint density at radius 1 is 1.55 bits per heavy atom. The lowest BCUT2D eigenvalue weighted by atomic mass is 10.3. The molecule has 2 nitrogen and oxygen atoms in total. The van der Waals surface area contributed by atoms with E-state index >= 15 is 0 Å². The van der Waals surface area contributed by atoms with Gasteiger partial charge >= 0.3 is 0 Å². The van der Waals surface area contributed by atoms with Gasteiger partial charge < -0.3 is 4.57 Å². The summed E-state index contributed by atoms with van der Waals surface area (Å²) < 4.78 is 2.16. The van der Waals surface area contributed by atoms with Crippen LogP contribution in [0.5, 0.6) is 0 Å². The number of aromatic nitrogens is 2. The molecule has 0 atom stereocenters. The minimum atomic E-state index is 0.966. The van der Waals surface area contributed by atoms with Crippen molar-refractivity contribution in [3.05, 3.63) is 23.8 Å². The quantitative estimate of drug-likeness (QED) is 0.631. The van der Waals surface area contributed by atoms with Crippen molar-refractivity contribution < 1.29 is 0 Å². The zero-order valence-electron chi connectivity index (χ0n) is 7.39. The number of rotatable bonds is 2. The second-order valence-electron chi connectivity index (χ2n) is 2.58. The first-order chi connectivity index (χ1) is 5.20. The Kier molecular flexibility index (Phi) is 2.13. The lowest BCUT2D eigenvalue weighted by Crippen LogP contribution is -1.98. The maximum atomic E-state index is 4.34. The Hall–Kier alpha value is -1.05. The molecule has 1 rings (SSSR count). The summed E-state index contributed by atoms with van der Waals surface area (Å²) in [5.41, 5.74) is 2.21. The molecular formula is C9H14N2. The van der Waals surface area contributed by atoms with Crippen molar-refractivity contribution in [2.24, 2.45) is 0 Å². The van der Waals surface area contributed by atoms with Gasteiger partial charge in [-0.25, -0.2) is 4.98 Å². The summed E-state index contributed by atoms with van der Waals surface area (Å²) in [5, 5.41) is 0. The normalized spacial score (nSPS) is 10.1. The van der Waals surface area contributed by atoms with Crippen LogP contribution >= 0.6 is 0 Å². The Morgan fingerprint density at radius 3 is 2.55 bits per heavy atom. The maximum Gasteiger partial charge on any atom is 0.106 e. The molecule has 0 radical (unpaired) electrons. The van der Waals surface area contributed by atoms with Gasteiger partial charge in [0.25, 0.3) is 0 Å². The van der Waals surface area contributed by atoms with Crippen LogP contribution in [0, 0.1) is 13.8 Å². The molecule has 0 aliphatic carbocycles. The molecule has 0 amide bonds. The zero-order chi connectivity index (χ0) is 8.43. The monoisotopic (exact) mass is 150 g/mol. The van der Waals surface area contributed by atoms with Crippen LogP contribution in [0.15, 0.2) is 6.58 Å². The van der Waals surface area contributed by atoms with Crippen LogP contribution in [0.25, 0.3) is 6.08 Å². The second-order valence-corrected chi connectivity index (χ2v) is 2.58. The topological polar surface area (TPSA) is 17.8 Å². The van der Waals surface area contributed by atoms with Gasteiger partial charge in [0.05, 0.1) is 11.4 Å². The number of nitrogens with zero attached hydrogens (tertiary/aromatic N) is 2. The molecule has 0 saturated carbocycles. The zero-order valence-corrected chi connectivity index (χ0v) is 7.39. The SMILES string of the molecule is C=Cc1c(C)nc(C)n1CC. The van der Waals surface area contributed by atoms with Crippen LogP contribution in [0.4, 0.5) is 0 Å². The number of hydrogen-bond acceptors (Lipinski definition) is 1. The van der Waals surface area contributed by atoms with Gasteiger partial charge in [-0.05, 0) is 26.8 Å². The van der Waals surface area contributed by atoms with E-state index in [0.29, 0.717) is 0 Å². The van der Waals surface area contributed by atoms with Crippen LogP contribution in [0.1, 0.15) is 24.1 Å². The first-order valence-electron chi connectivity index (χ1n) is 3.86. The molecule has 0 aromatic carbocycles. The minimum Gasteiger partial charge on any atom is -0.329 e. The highest BCUT2D eigenvalue weighted by Crippen LogP contribution is 2.11. The van der Waals surface area contributed by atoms with Crippen LogP contribution in [0.2, 0.25) is 0 Å². The Labute approximate surface area is 67.6 Å². The smallest absolute Gasteiger partial charge is 0.106 e. The molecule has 0 unspecified atom stereocenters. The Balaban J connectivity index is 3.28. The van der Waals surface area contributed by atoms with Gasteiger partial charge in [-0.3, -0.25) is 0 Å². The van der Waals surface area contributed by atoms with E-state index in [1.54, 1.807) is 0 Å². The molecule has 2 heteroatoms. The molecule has 0 aliphatic rings. The molecule has 11 heavy (non-hydrogen) atoms. The maximum absolute atomic E-state index is 4.34. The Morgan fingerprint density at radius 2 is 2.18 bits per heavy atom. The van der Waals surface area contributed by atoms with Crippen LogP contribution in [-0.4, -0.2) is 9.55 Å². The fourth-order valence-corrected chi connectivity index (χ4v) is 1.39. The molecular weight excluding hydrogens is 136 g/mol. The van der Waals surface area contributed by atoms with E-state index < -0.39 is 0 Å². The molecule has 0 aliphatic heterocycles. The van der Waals surface area contributed by atoms with E-state index in [0.717, 1.165) is 23.8 Å². The highest BCUT2D eigenvalue weighted by Gasteiger charge is 2.05. The molecule has 1 heterocycles. The standard InChI is InChI=1S/C9H14N2/c1-5-9-7(3)10-8(4)11(9)6-2/h5H,1,6H2,2-4H3. The summed E-state index contributed by atoms with van der Waals surface area (Å²) in [7, 11) is 0. The van der Waals surface area contributed by atoms with Crippen molar-refractivity contribution in [1.29, 1.82) is 0 Å². The van der Waals surface area contributed by atoms with Gasteiger partial charge in [0.2, 0.25) is 0 Å². The third kappa shape index (κ3) is 1.20. The highest BCUT2D eigenvalue weighted by atomic mass is 15.1. The summed E-state index contributed by atoms with van der Waals surface area (Å²) >= 11 is 0. The predicted molar refractivity (Wildman–Crippen MR) is 47.5 cm³/mol. The molecule has 0 saturated heterocycles. The van der Waals surface area contributed by atoms with Gasteiger partial charge in [-0.15, -0.1) is 0 Å². The number of imidazole rings is 1. The first kappa shape index (κ1) is 8.05. The van der Waals surface area contributed by atoms with Crippen LogP contribution in [0.3, 0.4) is 0 Å². The lowest BCUT2D eigenvalue weighted by molar-refractivity contribution is 0.724. The van der Waals surface area contributed by atoms with Crippen molar-refractivity contribution in [2.45, 2.75) is 27.3 Å². The summed E-state index contributed by atoms with van der Waals surface area (Å²) in [6.45, 7) is 10.9. The van der Waals surface area contributed by atoms with E-state index in [4.69, 9.17) is 0 Å². The molecule has 0 bridgehead atoms. The largest absolute Gasteiger partial charge is 0.329 e.